The lowest BCUT2D eigenvalue weighted by Gasteiger charge is -2.29. The highest BCUT2D eigenvalue weighted by Crippen LogP contribution is 2.36. The van der Waals surface area contributed by atoms with Crippen LogP contribution < -0.4 is 0 Å². The molecular weight excluding hydrogens is 268 g/mol. The number of hydrogen-bond acceptors (Lipinski definition) is 3. The van der Waals surface area contributed by atoms with Crippen LogP contribution in [0.25, 0.3) is 0 Å². The number of carboxylic acid groups (broad SMARTS) is 1. The molecule has 2 rings (SSSR count). The fourth-order valence-electron chi connectivity index (χ4n) is 3.01. The van der Waals surface area contributed by atoms with Gasteiger partial charge in [-0.15, -0.1) is 0 Å². The number of allylic oxidation sites excluding steroid dienone is 2. The predicted octanol–water partition coefficient (Wildman–Crippen LogP) is 3.98. The number of benzene rings is 1. The van der Waals surface area contributed by atoms with Crippen molar-refractivity contribution in [3.05, 3.63) is 48.0 Å². The molecule has 112 valence electrons. The predicted molar refractivity (Wildman–Crippen MR) is 78.9 cm³/mol. The molecule has 21 heavy (non-hydrogen) atoms. The standard InChI is InChI=1S/C17H20O4/c1-12(13-8-4-2-5-9-13)15(16(18)21-17(19)20)14-10-6-3-7-11-14/h2,4-6,8-10,12,14-15H,3,7,11H2,1H3,(H,19,20). The van der Waals surface area contributed by atoms with Crippen LogP contribution in [0.1, 0.15) is 37.7 Å². The zero-order valence-electron chi connectivity index (χ0n) is 12.1. The van der Waals surface area contributed by atoms with Gasteiger partial charge in [-0.3, -0.25) is 4.79 Å². The van der Waals surface area contributed by atoms with Crippen LogP contribution in [0.3, 0.4) is 0 Å². The Morgan fingerprint density at radius 2 is 2.00 bits per heavy atom. The van der Waals surface area contributed by atoms with Crippen molar-refractivity contribution in [2.75, 3.05) is 0 Å². The second kappa shape index (κ2) is 7.07. The lowest BCUT2D eigenvalue weighted by atomic mass is 9.75. The van der Waals surface area contributed by atoms with E-state index in [9.17, 15) is 9.59 Å². The van der Waals surface area contributed by atoms with Gasteiger partial charge in [0.15, 0.2) is 0 Å². The molecule has 0 heterocycles. The van der Waals surface area contributed by atoms with E-state index in [1.165, 1.54) is 0 Å². The van der Waals surface area contributed by atoms with Gasteiger partial charge in [0.1, 0.15) is 0 Å². The molecular formula is C17H20O4. The lowest BCUT2D eigenvalue weighted by Crippen LogP contribution is -2.31. The van der Waals surface area contributed by atoms with Crippen molar-refractivity contribution >= 4 is 12.1 Å². The van der Waals surface area contributed by atoms with Crippen molar-refractivity contribution in [1.82, 2.24) is 0 Å². The SMILES string of the molecule is CC(c1ccccc1)C(C(=O)OC(=O)O)C1C=CCCC1. The summed E-state index contributed by atoms with van der Waals surface area (Å²) >= 11 is 0. The summed E-state index contributed by atoms with van der Waals surface area (Å²) in [5.74, 6) is -1.19. The molecule has 4 heteroatoms. The zero-order chi connectivity index (χ0) is 15.2. The van der Waals surface area contributed by atoms with Gasteiger partial charge in [0, 0.05) is 0 Å². The minimum absolute atomic E-state index is 0.0285. The van der Waals surface area contributed by atoms with Crippen LogP contribution in [-0.2, 0) is 9.53 Å². The first-order valence-electron chi connectivity index (χ1n) is 7.26. The highest BCUT2D eigenvalue weighted by Gasteiger charge is 2.35. The summed E-state index contributed by atoms with van der Waals surface area (Å²) in [6, 6.07) is 9.67. The van der Waals surface area contributed by atoms with E-state index in [2.05, 4.69) is 10.8 Å². The maximum absolute atomic E-state index is 12.2. The van der Waals surface area contributed by atoms with Gasteiger partial charge >= 0.3 is 12.1 Å². The molecule has 0 aliphatic heterocycles. The van der Waals surface area contributed by atoms with Crippen molar-refractivity contribution in [3.8, 4) is 0 Å². The minimum Gasteiger partial charge on any atom is -0.449 e. The summed E-state index contributed by atoms with van der Waals surface area (Å²) in [7, 11) is 0. The summed E-state index contributed by atoms with van der Waals surface area (Å²) in [5, 5.41) is 8.72. The van der Waals surface area contributed by atoms with Gasteiger partial charge in [0.25, 0.3) is 0 Å². The van der Waals surface area contributed by atoms with Crippen LogP contribution in [0.2, 0.25) is 0 Å². The van der Waals surface area contributed by atoms with Gasteiger partial charge in [-0.2, -0.15) is 0 Å². The molecule has 1 aromatic rings. The third-order valence-electron chi connectivity index (χ3n) is 4.08. The van der Waals surface area contributed by atoms with Gasteiger partial charge in [-0.25, -0.2) is 4.79 Å². The average Bonchev–Trinajstić information content (AvgIpc) is 2.48. The number of carbonyl (C=O) groups is 2. The largest absolute Gasteiger partial charge is 0.513 e. The normalized spacial score (nSPS) is 20.5. The molecule has 0 amide bonds. The van der Waals surface area contributed by atoms with Crippen molar-refractivity contribution < 1.29 is 19.4 Å². The van der Waals surface area contributed by atoms with E-state index in [4.69, 9.17) is 5.11 Å². The fraction of sp³-hybridized carbons (Fsp3) is 0.412. The Hall–Kier alpha value is -2.10. The van der Waals surface area contributed by atoms with Crippen molar-refractivity contribution in [2.45, 2.75) is 32.1 Å². The van der Waals surface area contributed by atoms with Crippen molar-refractivity contribution in [2.24, 2.45) is 11.8 Å². The van der Waals surface area contributed by atoms with Gasteiger partial charge in [-0.05, 0) is 36.7 Å². The zero-order valence-corrected chi connectivity index (χ0v) is 12.1. The molecule has 0 aromatic heterocycles. The van der Waals surface area contributed by atoms with E-state index < -0.39 is 18.0 Å². The van der Waals surface area contributed by atoms with E-state index >= 15 is 0 Å². The van der Waals surface area contributed by atoms with Gasteiger partial charge in [-0.1, -0.05) is 49.4 Å². The Balaban J connectivity index is 2.26. The topological polar surface area (TPSA) is 63.6 Å². The maximum Gasteiger partial charge on any atom is 0.513 e. The minimum atomic E-state index is -1.54. The van der Waals surface area contributed by atoms with E-state index in [-0.39, 0.29) is 11.8 Å². The molecule has 0 fully saturated rings. The number of hydrogen-bond donors (Lipinski definition) is 1. The number of esters is 1. The molecule has 0 radical (unpaired) electrons. The van der Waals surface area contributed by atoms with E-state index in [1.54, 1.807) is 0 Å². The third-order valence-corrected chi connectivity index (χ3v) is 4.08. The summed E-state index contributed by atoms with van der Waals surface area (Å²) in [4.78, 5) is 22.9. The first kappa shape index (κ1) is 15.3. The Kier molecular flexibility index (Phi) is 5.14. The summed E-state index contributed by atoms with van der Waals surface area (Å²) in [6.07, 6.45) is 5.46. The molecule has 0 spiro atoms. The highest BCUT2D eigenvalue weighted by molar-refractivity contribution is 5.83. The van der Waals surface area contributed by atoms with Gasteiger partial charge < -0.3 is 9.84 Å². The third kappa shape index (κ3) is 3.94. The molecule has 1 aliphatic rings. The van der Waals surface area contributed by atoms with Gasteiger partial charge in [0.2, 0.25) is 0 Å². The van der Waals surface area contributed by atoms with Crippen molar-refractivity contribution in [1.29, 1.82) is 0 Å². The van der Waals surface area contributed by atoms with Crippen LogP contribution in [0.5, 0.6) is 0 Å². The number of ether oxygens (including phenoxy) is 1. The quantitative estimate of drug-likeness (QED) is 0.517. The van der Waals surface area contributed by atoms with Crippen molar-refractivity contribution in [3.63, 3.8) is 0 Å². The molecule has 1 aliphatic carbocycles. The van der Waals surface area contributed by atoms with Crippen LogP contribution >= 0.6 is 0 Å². The van der Waals surface area contributed by atoms with Crippen LogP contribution in [0.4, 0.5) is 4.79 Å². The second-order valence-corrected chi connectivity index (χ2v) is 5.44. The molecule has 0 saturated heterocycles. The lowest BCUT2D eigenvalue weighted by molar-refractivity contribution is -0.146. The second-order valence-electron chi connectivity index (χ2n) is 5.44. The Labute approximate surface area is 124 Å². The smallest absolute Gasteiger partial charge is 0.449 e. The van der Waals surface area contributed by atoms with Crippen LogP contribution in [0, 0.1) is 11.8 Å². The maximum atomic E-state index is 12.2. The molecule has 1 aromatic carbocycles. The molecule has 1 N–H and O–H groups in total. The molecule has 3 atom stereocenters. The van der Waals surface area contributed by atoms with E-state index in [0.717, 1.165) is 24.8 Å². The summed E-state index contributed by atoms with van der Waals surface area (Å²) in [5.41, 5.74) is 1.02. The Bertz CT molecular complexity index is 521. The first-order chi connectivity index (χ1) is 10.1. The summed E-state index contributed by atoms with van der Waals surface area (Å²) < 4.78 is 4.45. The number of rotatable bonds is 4. The van der Waals surface area contributed by atoms with E-state index in [1.807, 2.05) is 43.3 Å². The molecule has 3 unspecified atom stereocenters. The fourth-order valence-corrected chi connectivity index (χ4v) is 3.01. The Morgan fingerprint density at radius 1 is 1.29 bits per heavy atom. The van der Waals surface area contributed by atoms with Crippen LogP contribution in [0.15, 0.2) is 42.5 Å². The first-order valence-corrected chi connectivity index (χ1v) is 7.26. The van der Waals surface area contributed by atoms with Gasteiger partial charge in [0.05, 0.1) is 5.92 Å². The monoisotopic (exact) mass is 288 g/mol. The average molecular weight is 288 g/mol. The van der Waals surface area contributed by atoms with Crippen LogP contribution in [-0.4, -0.2) is 17.2 Å². The van der Waals surface area contributed by atoms with E-state index in [0.29, 0.717) is 0 Å². The summed E-state index contributed by atoms with van der Waals surface area (Å²) in [6.45, 7) is 1.95. The molecule has 0 bridgehead atoms. The highest BCUT2D eigenvalue weighted by atomic mass is 16.7. The molecule has 0 saturated carbocycles. The molecule has 4 nitrogen and oxygen atoms in total. The number of carbonyl (C=O) groups excluding carboxylic acids is 1. The Morgan fingerprint density at radius 3 is 2.57 bits per heavy atom.